The van der Waals surface area contributed by atoms with Gasteiger partial charge in [0.2, 0.25) is 0 Å². The Morgan fingerprint density at radius 3 is 1.24 bits per heavy atom. The SMILES string of the molecule is CS(=O)(=O)c1cc(NC(=O)Nc2cc(S(C)(=O)=O)c(N=Nc3c(N)ccc4cc(S(=O)(=O)O)cc(O)c34)cc2Cl)c(Cl)cc1N=Nc1c(N)ccc2cc(S(=O)(=O)O)cc(O)c12. The van der Waals surface area contributed by atoms with E-state index in [4.69, 9.17) is 34.7 Å². The van der Waals surface area contributed by atoms with E-state index in [0.717, 1.165) is 61.0 Å². The van der Waals surface area contributed by atoms with Crippen molar-refractivity contribution >= 4 is 136 Å². The van der Waals surface area contributed by atoms with Gasteiger partial charge >= 0.3 is 6.03 Å². The van der Waals surface area contributed by atoms with Crippen LogP contribution in [0, 0.1) is 0 Å². The highest BCUT2D eigenvalue weighted by Crippen LogP contribution is 2.44. The number of nitrogen functional groups attached to an aromatic ring is 2. The molecule has 27 heteroatoms. The van der Waals surface area contributed by atoms with Gasteiger partial charge in [-0.1, -0.05) is 35.3 Å². The molecule has 0 aliphatic heterocycles. The van der Waals surface area contributed by atoms with Crippen LogP contribution >= 0.6 is 23.2 Å². The van der Waals surface area contributed by atoms with E-state index in [9.17, 15) is 57.8 Å². The number of anilines is 4. The van der Waals surface area contributed by atoms with Crippen molar-refractivity contribution in [1.82, 2.24) is 0 Å². The van der Waals surface area contributed by atoms with Gasteiger partial charge in [0.15, 0.2) is 19.7 Å². The zero-order valence-electron chi connectivity index (χ0n) is 31.2. The molecule has 21 nitrogen and oxygen atoms in total. The molecule has 0 unspecified atom stereocenters. The first-order valence-electron chi connectivity index (χ1n) is 16.7. The van der Waals surface area contributed by atoms with Gasteiger partial charge in [0.05, 0.1) is 63.1 Å². The molecule has 0 spiro atoms. The number of carbonyl (C=O) groups excluding carboxylic acids is 1. The minimum absolute atomic E-state index is 0.0687. The lowest BCUT2D eigenvalue weighted by Crippen LogP contribution is -2.20. The van der Waals surface area contributed by atoms with Crippen LogP contribution in [0.5, 0.6) is 11.5 Å². The molecule has 0 saturated heterocycles. The standard InChI is InChI=1S/C35H28Cl2N8O13S4/c1-59(49,50)29-13-23(19(36)11-25(29)42-44-33-21(38)5-3-15-7-17(61(53,54)55)9-27(46)31(15)33)40-35(48)41-24-14-30(60(2,51)52)26(12-20(24)37)43-45-34-22(39)6-4-16-8-18(62(56,57)58)10-28(47)32(16)34/h3-14,46-47H,38-39H2,1-2H3,(H2,40,41,48)(H,53,54,55)(H,56,57,58). The summed E-state index contributed by atoms with van der Waals surface area (Å²) in [5.74, 6) is -1.31. The third-order valence-electron chi connectivity index (χ3n) is 8.65. The van der Waals surface area contributed by atoms with Crippen LogP contribution in [0.15, 0.2) is 113 Å². The lowest BCUT2D eigenvalue weighted by atomic mass is 10.1. The molecule has 6 rings (SSSR count). The molecule has 0 radical (unpaired) electrons. The summed E-state index contributed by atoms with van der Waals surface area (Å²) in [6.07, 6.45) is 1.63. The third kappa shape index (κ3) is 9.48. The summed E-state index contributed by atoms with van der Waals surface area (Å²) in [6.45, 7) is 0. The summed E-state index contributed by atoms with van der Waals surface area (Å²) in [7, 11) is -17.8. The van der Waals surface area contributed by atoms with E-state index < -0.39 is 77.0 Å². The summed E-state index contributed by atoms with van der Waals surface area (Å²) in [6, 6.07) is 11.7. The molecule has 0 atom stereocenters. The minimum Gasteiger partial charge on any atom is -0.507 e. The van der Waals surface area contributed by atoms with Crippen LogP contribution in [0.25, 0.3) is 21.5 Å². The van der Waals surface area contributed by atoms with Crippen molar-refractivity contribution in [3.8, 4) is 11.5 Å². The van der Waals surface area contributed by atoms with Gasteiger partial charge in [-0.25, -0.2) is 21.6 Å². The topological polar surface area (TPSA) is 360 Å². The zero-order chi connectivity index (χ0) is 45.9. The normalized spacial score (nSPS) is 12.7. The van der Waals surface area contributed by atoms with Crippen LogP contribution in [0.1, 0.15) is 0 Å². The first kappa shape index (κ1) is 45.3. The van der Waals surface area contributed by atoms with Gasteiger partial charge in [0.25, 0.3) is 20.2 Å². The van der Waals surface area contributed by atoms with Gasteiger partial charge in [-0.3, -0.25) is 9.11 Å². The molecule has 62 heavy (non-hydrogen) atoms. The van der Waals surface area contributed by atoms with Gasteiger partial charge < -0.3 is 32.3 Å². The number of nitrogens with zero attached hydrogens (tertiary/aromatic N) is 4. The van der Waals surface area contributed by atoms with Crippen molar-refractivity contribution in [2.45, 2.75) is 19.6 Å². The van der Waals surface area contributed by atoms with Crippen molar-refractivity contribution < 1.29 is 57.8 Å². The summed E-state index contributed by atoms with van der Waals surface area (Å²) in [5.41, 5.74) is 10.3. The lowest BCUT2D eigenvalue weighted by molar-refractivity contribution is 0.262. The fraction of sp³-hybridized carbons (Fsp3) is 0.0571. The van der Waals surface area contributed by atoms with Gasteiger partial charge in [-0.2, -0.15) is 16.8 Å². The second-order valence-electron chi connectivity index (χ2n) is 13.2. The number of nitrogens with two attached hydrogens (primary N) is 2. The van der Waals surface area contributed by atoms with Crippen molar-refractivity contribution in [2.75, 3.05) is 34.6 Å². The number of phenolic OH excluding ortho intramolecular Hbond substituents is 2. The average Bonchev–Trinajstić information content (AvgIpc) is 3.14. The van der Waals surface area contributed by atoms with Crippen LogP contribution in [0.4, 0.5) is 50.3 Å². The first-order chi connectivity index (χ1) is 28.6. The highest BCUT2D eigenvalue weighted by atomic mass is 35.5. The van der Waals surface area contributed by atoms with Gasteiger partial charge in [0, 0.05) is 24.6 Å². The van der Waals surface area contributed by atoms with E-state index in [2.05, 4.69) is 31.1 Å². The average molecular weight is 968 g/mol. The Bertz CT molecular complexity index is 3240. The minimum atomic E-state index is -4.71. The van der Waals surface area contributed by atoms with Gasteiger partial charge in [0.1, 0.15) is 34.2 Å². The van der Waals surface area contributed by atoms with Crippen LogP contribution in [-0.4, -0.2) is 71.5 Å². The number of rotatable bonds is 10. The predicted octanol–water partition coefficient (Wildman–Crippen LogP) is 7.65. The van der Waals surface area contributed by atoms with Crippen LogP contribution in [0.3, 0.4) is 0 Å². The summed E-state index contributed by atoms with van der Waals surface area (Å²) in [4.78, 5) is 11.0. The van der Waals surface area contributed by atoms with Crippen molar-refractivity contribution in [2.24, 2.45) is 20.5 Å². The fourth-order valence-electron chi connectivity index (χ4n) is 5.85. The maximum atomic E-state index is 13.3. The lowest BCUT2D eigenvalue weighted by Gasteiger charge is -2.14. The smallest absolute Gasteiger partial charge is 0.323 e. The molecule has 6 aromatic carbocycles. The molecule has 0 aliphatic rings. The van der Waals surface area contributed by atoms with E-state index in [1.165, 1.54) is 24.3 Å². The number of urea groups is 1. The number of carbonyl (C=O) groups is 1. The number of aromatic hydroxyl groups is 2. The van der Waals surface area contributed by atoms with E-state index in [-0.39, 0.29) is 77.1 Å². The molecule has 0 aromatic heterocycles. The first-order valence-corrected chi connectivity index (χ1v) is 24.1. The number of amides is 2. The zero-order valence-corrected chi connectivity index (χ0v) is 36.0. The molecule has 0 bridgehead atoms. The maximum Gasteiger partial charge on any atom is 0.323 e. The number of hydrogen-bond donors (Lipinski definition) is 8. The molecule has 2 amide bonds. The maximum absolute atomic E-state index is 13.3. The van der Waals surface area contributed by atoms with Crippen LogP contribution in [0.2, 0.25) is 10.0 Å². The third-order valence-corrected chi connectivity index (χ3v) is 13.2. The highest BCUT2D eigenvalue weighted by molar-refractivity contribution is 7.91. The van der Waals surface area contributed by atoms with Crippen molar-refractivity contribution in [1.29, 1.82) is 0 Å². The second kappa shape index (κ2) is 16.3. The molecular weight excluding hydrogens is 940 g/mol. The molecule has 0 aliphatic carbocycles. The van der Waals surface area contributed by atoms with E-state index >= 15 is 0 Å². The monoisotopic (exact) mass is 966 g/mol. The Morgan fingerprint density at radius 2 is 0.919 bits per heavy atom. The predicted molar refractivity (Wildman–Crippen MR) is 230 cm³/mol. The second-order valence-corrected chi connectivity index (χ2v) is 20.8. The van der Waals surface area contributed by atoms with Crippen LogP contribution < -0.4 is 22.1 Å². The van der Waals surface area contributed by atoms with Crippen molar-refractivity contribution in [3.63, 3.8) is 0 Å². The Balaban J connectivity index is 1.31. The highest BCUT2D eigenvalue weighted by Gasteiger charge is 2.23. The molecule has 0 fully saturated rings. The number of nitrogens with one attached hydrogen (secondary N) is 2. The number of benzene rings is 6. The molecule has 10 N–H and O–H groups in total. The number of hydrogen-bond acceptors (Lipinski definition) is 17. The number of halogens is 2. The fourth-order valence-corrected chi connectivity index (χ4v) is 8.96. The number of phenols is 2. The Kier molecular flexibility index (Phi) is 11.9. The van der Waals surface area contributed by atoms with E-state index in [1.807, 2.05) is 0 Å². The molecular formula is C35H28Cl2N8O13S4. The Hall–Kier alpha value is -6.19. The number of fused-ring (bicyclic) bond motifs is 2. The van der Waals surface area contributed by atoms with Crippen LogP contribution in [-0.2, 0) is 39.9 Å². The largest absolute Gasteiger partial charge is 0.507 e. The molecule has 0 saturated carbocycles. The van der Waals surface area contributed by atoms with E-state index in [0.29, 0.717) is 0 Å². The Morgan fingerprint density at radius 1 is 0.565 bits per heavy atom. The molecule has 0 heterocycles. The summed E-state index contributed by atoms with van der Waals surface area (Å²) >= 11 is 12.8. The summed E-state index contributed by atoms with van der Waals surface area (Å²) in [5, 5.41) is 41.3. The molecule has 6 aromatic rings. The Labute approximate surface area is 361 Å². The molecule has 324 valence electrons. The quantitative estimate of drug-likeness (QED) is 0.0371. The van der Waals surface area contributed by atoms with Gasteiger partial charge in [-0.05, 0) is 59.3 Å². The van der Waals surface area contributed by atoms with Gasteiger partial charge in [-0.15, -0.1) is 20.5 Å². The number of sulfone groups is 2. The van der Waals surface area contributed by atoms with E-state index in [1.54, 1.807) is 0 Å². The summed E-state index contributed by atoms with van der Waals surface area (Å²) < 4.78 is 117. The van der Waals surface area contributed by atoms with Crippen molar-refractivity contribution in [3.05, 3.63) is 82.8 Å². The number of azo groups is 2.